The van der Waals surface area contributed by atoms with Gasteiger partial charge in [0, 0.05) is 11.6 Å². The van der Waals surface area contributed by atoms with Gasteiger partial charge in [-0.2, -0.15) is 5.26 Å². The van der Waals surface area contributed by atoms with Crippen LogP contribution in [0.1, 0.15) is 21.5 Å². The van der Waals surface area contributed by atoms with Gasteiger partial charge in [0.05, 0.1) is 17.2 Å². The van der Waals surface area contributed by atoms with E-state index in [1.807, 2.05) is 6.07 Å². The van der Waals surface area contributed by atoms with Gasteiger partial charge in [0.2, 0.25) is 0 Å². The molecule has 0 radical (unpaired) electrons. The van der Waals surface area contributed by atoms with Gasteiger partial charge < -0.3 is 9.84 Å². The molecule has 2 aromatic rings. The van der Waals surface area contributed by atoms with E-state index in [1.165, 1.54) is 12.1 Å². The van der Waals surface area contributed by atoms with Crippen LogP contribution in [0.3, 0.4) is 0 Å². The Morgan fingerprint density at radius 1 is 1.24 bits per heavy atom. The van der Waals surface area contributed by atoms with Gasteiger partial charge in [0.15, 0.2) is 0 Å². The number of nitriles is 1. The van der Waals surface area contributed by atoms with E-state index < -0.39 is 17.6 Å². The lowest BCUT2D eigenvalue weighted by atomic mass is 10.1. The maximum atomic E-state index is 13.5. The number of carboxylic acid groups (broad SMARTS) is 1. The van der Waals surface area contributed by atoms with Crippen LogP contribution >= 0.6 is 0 Å². The third kappa shape index (κ3) is 3.54. The Morgan fingerprint density at radius 3 is 2.67 bits per heavy atom. The van der Waals surface area contributed by atoms with E-state index in [0.29, 0.717) is 0 Å². The summed E-state index contributed by atoms with van der Waals surface area (Å²) in [4.78, 5) is 10.8. The van der Waals surface area contributed by atoms with Gasteiger partial charge in [-0.15, -0.1) is 0 Å². The van der Waals surface area contributed by atoms with Crippen molar-refractivity contribution in [1.29, 1.82) is 5.26 Å². The van der Waals surface area contributed by atoms with Crippen LogP contribution in [0.5, 0.6) is 5.75 Å². The summed E-state index contributed by atoms with van der Waals surface area (Å²) in [7, 11) is 0. The summed E-state index contributed by atoms with van der Waals surface area (Å²) in [6, 6.07) is 8.62. The van der Waals surface area contributed by atoms with Gasteiger partial charge in [-0.1, -0.05) is 0 Å². The second kappa shape index (κ2) is 6.01. The molecule has 0 saturated heterocycles. The molecule has 6 heteroatoms. The number of aromatic carboxylic acids is 1. The molecule has 0 aliphatic carbocycles. The van der Waals surface area contributed by atoms with Crippen LogP contribution in [0.2, 0.25) is 0 Å². The molecule has 0 unspecified atom stereocenters. The van der Waals surface area contributed by atoms with Crippen LogP contribution in [0.25, 0.3) is 0 Å². The SMILES string of the molecule is N#Cc1ccc(F)c(COc2cc(F)cc(C(=O)O)c2)c1. The smallest absolute Gasteiger partial charge is 0.335 e. The first-order valence-electron chi connectivity index (χ1n) is 5.85. The van der Waals surface area contributed by atoms with Gasteiger partial charge in [-0.3, -0.25) is 0 Å². The maximum Gasteiger partial charge on any atom is 0.335 e. The van der Waals surface area contributed by atoms with E-state index in [-0.39, 0.29) is 29.0 Å². The quantitative estimate of drug-likeness (QED) is 0.938. The minimum absolute atomic E-state index is 0.0332. The molecule has 0 bridgehead atoms. The Hall–Kier alpha value is -2.94. The zero-order valence-corrected chi connectivity index (χ0v) is 10.6. The molecule has 0 atom stereocenters. The summed E-state index contributed by atoms with van der Waals surface area (Å²) in [5.41, 5.74) is 0.118. The molecule has 0 spiro atoms. The highest BCUT2D eigenvalue weighted by Crippen LogP contribution is 2.19. The summed E-state index contributed by atoms with van der Waals surface area (Å²) >= 11 is 0. The summed E-state index contributed by atoms with van der Waals surface area (Å²) < 4.78 is 32.0. The zero-order chi connectivity index (χ0) is 15.4. The summed E-state index contributed by atoms with van der Waals surface area (Å²) in [6.45, 7) is -0.246. The van der Waals surface area contributed by atoms with Crippen LogP contribution in [0.4, 0.5) is 8.78 Å². The summed E-state index contributed by atoms with van der Waals surface area (Å²) in [5.74, 6) is -2.66. The molecule has 0 aliphatic heterocycles. The Morgan fingerprint density at radius 2 is 2.00 bits per heavy atom. The molecule has 0 fully saturated rings. The minimum Gasteiger partial charge on any atom is -0.489 e. The summed E-state index contributed by atoms with van der Waals surface area (Å²) in [5, 5.41) is 17.6. The largest absolute Gasteiger partial charge is 0.489 e. The van der Waals surface area contributed by atoms with Crippen LogP contribution in [-0.2, 0) is 6.61 Å². The molecule has 1 N–H and O–H groups in total. The molecule has 106 valence electrons. The average molecular weight is 289 g/mol. The Balaban J connectivity index is 2.20. The number of nitrogens with zero attached hydrogens (tertiary/aromatic N) is 1. The number of hydrogen-bond donors (Lipinski definition) is 1. The predicted molar refractivity (Wildman–Crippen MR) is 68.8 cm³/mol. The predicted octanol–water partition coefficient (Wildman–Crippen LogP) is 3.11. The Kier molecular flexibility index (Phi) is 4.14. The number of ether oxygens (including phenoxy) is 1. The van der Waals surface area contributed by atoms with E-state index in [4.69, 9.17) is 15.1 Å². The van der Waals surface area contributed by atoms with Crippen molar-refractivity contribution in [1.82, 2.24) is 0 Å². The van der Waals surface area contributed by atoms with E-state index in [2.05, 4.69) is 0 Å². The zero-order valence-electron chi connectivity index (χ0n) is 10.6. The fourth-order valence-corrected chi connectivity index (χ4v) is 1.69. The molecule has 2 aromatic carbocycles. The van der Waals surface area contributed by atoms with Crippen molar-refractivity contribution in [3.63, 3.8) is 0 Å². The first-order valence-corrected chi connectivity index (χ1v) is 5.85. The van der Waals surface area contributed by atoms with Gasteiger partial charge in [-0.25, -0.2) is 13.6 Å². The molecule has 0 saturated carbocycles. The molecule has 2 rings (SSSR count). The average Bonchev–Trinajstić information content (AvgIpc) is 2.46. The van der Waals surface area contributed by atoms with Gasteiger partial charge in [0.1, 0.15) is 24.0 Å². The van der Waals surface area contributed by atoms with Crippen molar-refractivity contribution in [2.24, 2.45) is 0 Å². The maximum absolute atomic E-state index is 13.5. The molecule has 0 aliphatic rings. The van der Waals surface area contributed by atoms with E-state index in [9.17, 15) is 13.6 Å². The molecule has 21 heavy (non-hydrogen) atoms. The van der Waals surface area contributed by atoms with Crippen LogP contribution in [-0.4, -0.2) is 11.1 Å². The standard InChI is InChI=1S/C15H9F2NO3/c16-12-4-10(15(19)20)5-13(6-12)21-8-11-3-9(7-18)1-2-14(11)17/h1-6H,8H2,(H,19,20). The lowest BCUT2D eigenvalue weighted by Crippen LogP contribution is -2.02. The molecule has 0 amide bonds. The van der Waals surface area contributed by atoms with Crippen molar-refractivity contribution in [2.45, 2.75) is 6.61 Å². The van der Waals surface area contributed by atoms with Crippen LogP contribution in [0, 0.1) is 23.0 Å². The highest BCUT2D eigenvalue weighted by Gasteiger charge is 2.09. The molecule has 4 nitrogen and oxygen atoms in total. The van der Waals surface area contributed by atoms with E-state index in [0.717, 1.165) is 24.3 Å². The van der Waals surface area contributed by atoms with Crippen molar-refractivity contribution in [3.8, 4) is 11.8 Å². The topological polar surface area (TPSA) is 70.3 Å². The van der Waals surface area contributed by atoms with E-state index >= 15 is 0 Å². The highest BCUT2D eigenvalue weighted by atomic mass is 19.1. The fraction of sp³-hybridized carbons (Fsp3) is 0.0667. The number of carbonyl (C=O) groups is 1. The highest BCUT2D eigenvalue weighted by molar-refractivity contribution is 5.88. The van der Waals surface area contributed by atoms with Crippen molar-refractivity contribution in [3.05, 3.63) is 64.7 Å². The Labute approximate surface area is 118 Å². The number of carboxylic acids is 1. The second-order valence-corrected chi connectivity index (χ2v) is 4.19. The first kappa shape index (κ1) is 14.5. The number of benzene rings is 2. The number of halogens is 2. The third-order valence-electron chi connectivity index (χ3n) is 2.69. The summed E-state index contributed by atoms with van der Waals surface area (Å²) in [6.07, 6.45) is 0. The van der Waals surface area contributed by atoms with Crippen LogP contribution < -0.4 is 4.74 Å². The Bertz CT molecular complexity index is 738. The lowest BCUT2D eigenvalue weighted by molar-refractivity contribution is 0.0695. The third-order valence-corrected chi connectivity index (χ3v) is 2.69. The normalized spacial score (nSPS) is 9.95. The molecular formula is C15H9F2NO3. The monoisotopic (exact) mass is 289 g/mol. The number of rotatable bonds is 4. The number of hydrogen-bond acceptors (Lipinski definition) is 3. The fourth-order valence-electron chi connectivity index (χ4n) is 1.69. The molecule has 0 heterocycles. The van der Waals surface area contributed by atoms with Crippen molar-refractivity contribution in [2.75, 3.05) is 0 Å². The molecular weight excluding hydrogens is 280 g/mol. The van der Waals surface area contributed by atoms with Gasteiger partial charge >= 0.3 is 5.97 Å². The molecule has 0 aromatic heterocycles. The van der Waals surface area contributed by atoms with Crippen molar-refractivity contribution < 1.29 is 23.4 Å². The van der Waals surface area contributed by atoms with E-state index in [1.54, 1.807) is 0 Å². The first-order chi connectivity index (χ1) is 9.99. The van der Waals surface area contributed by atoms with Gasteiger partial charge in [-0.05, 0) is 30.3 Å². The second-order valence-electron chi connectivity index (χ2n) is 4.19. The lowest BCUT2D eigenvalue weighted by Gasteiger charge is -2.08. The van der Waals surface area contributed by atoms with Crippen LogP contribution in [0.15, 0.2) is 36.4 Å². The van der Waals surface area contributed by atoms with Gasteiger partial charge in [0.25, 0.3) is 0 Å². The van der Waals surface area contributed by atoms with Crippen molar-refractivity contribution >= 4 is 5.97 Å². The minimum atomic E-state index is -1.29.